The summed E-state index contributed by atoms with van der Waals surface area (Å²) in [5.74, 6) is -0.458. The van der Waals surface area contributed by atoms with E-state index in [0.717, 1.165) is 0 Å². The maximum atomic E-state index is 12.5. The summed E-state index contributed by atoms with van der Waals surface area (Å²) in [4.78, 5) is 20.1. The number of hydrogen-bond acceptors (Lipinski definition) is 7. The third-order valence-corrected chi connectivity index (χ3v) is 4.95. The number of aryl methyl sites for hydroxylation is 1. The predicted octanol–water partition coefficient (Wildman–Crippen LogP) is 1.21. The van der Waals surface area contributed by atoms with Gasteiger partial charge in [-0.15, -0.1) is 0 Å². The van der Waals surface area contributed by atoms with Crippen molar-refractivity contribution < 1.29 is 13.2 Å². The smallest absolute Gasteiger partial charge is 0.264 e. The molecular formula is C17H23N5O3S. The Morgan fingerprint density at radius 3 is 2.54 bits per heavy atom. The van der Waals surface area contributed by atoms with E-state index in [1.807, 2.05) is 18.6 Å². The molecular weight excluding hydrogens is 354 g/mol. The highest BCUT2D eigenvalue weighted by Crippen LogP contribution is 2.22. The number of carbonyl (C=O) groups excluding carboxylic acids is 1. The molecule has 2 rings (SSSR count). The molecule has 9 heteroatoms. The van der Waals surface area contributed by atoms with Gasteiger partial charge in [-0.2, -0.15) is 0 Å². The summed E-state index contributed by atoms with van der Waals surface area (Å²) in [6.07, 6.45) is 0.390. The number of aromatic nitrogens is 2. The molecule has 2 aromatic rings. The molecule has 8 nitrogen and oxygen atoms in total. The number of sulfonamides is 1. The average Bonchev–Trinajstić information content (AvgIpc) is 2.53. The summed E-state index contributed by atoms with van der Waals surface area (Å²) < 4.78 is 27.0. The van der Waals surface area contributed by atoms with Gasteiger partial charge in [0.05, 0.1) is 16.6 Å². The first kappa shape index (κ1) is 19.8. The van der Waals surface area contributed by atoms with Crippen molar-refractivity contribution >= 4 is 21.9 Å². The monoisotopic (exact) mass is 377 g/mol. The second kappa shape index (κ2) is 7.79. The number of nitrogen functional groups attached to an aromatic ring is 1. The van der Waals surface area contributed by atoms with Crippen molar-refractivity contribution in [2.75, 3.05) is 5.73 Å². The Labute approximate surface area is 153 Å². The zero-order valence-corrected chi connectivity index (χ0v) is 15.7. The molecule has 0 saturated heterocycles. The fourth-order valence-electron chi connectivity index (χ4n) is 2.44. The highest BCUT2D eigenvalue weighted by atomic mass is 32.2. The zero-order valence-electron chi connectivity index (χ0n) is 14.9. The van der Waals surface area contributed by atoms with Crippen LogP contribution in [0.25, 0.3) is 11.3 Å². The minimum Gasteiger partial charge on any atom is -0.368 e. The summed E-state index contributed by atoms with van der Waals surface area (Å²) >= 11 is 0. The highest BCUT2D eigenvalue weighted by molar-refractivity contribution is 7.90. The summed E-state index contributed by atoms with van der Waals surface area (Å²) in [6.45, 7) is 5.57. The van der Waals surface area contributed by atoms with Crippen molar-refractivity contribution in [1.82, 2.24) is 14.7 Å². The van der Waals surface area contributed by atoms with Crippen LogP contribution < -0.4 is 16.2 Å². The fraction of sp³-hybridized carbons (Fsp3) is 0.353. The summed E-state index contributed by atoms with van der Waals surface area (Å²) in [6, 6.07) is 6.88. The van der Waals surface area contributed by atoms with Crippen molar-refractivity contribution in [2.24, 2.45) is 11.7 Å². The normalized spacial score (nSPS) is 12.8. The maximum Gasteiger partial charge on any atom is 0.264 e. The lowest BCUT2D eigenvalue weighted by molar-refractivity contribution is -0.120. The van der Waals surface area contributed by atoms with Gasteiger partial charge >= 0.3 is 0 Å². The molecule has 0 radical (unpaired) electrons. The average molecular weight is 377 g/mol. The van der Waals surface area contributed by atoms with Gasteiger partial charge in [0.25, 0.3) is 15.9 Å². The number of nitrogens with one attached hydrogen (secondary N) is 1. The van der Waals surface area contributed by atoms with Crippen LogP contribution >= 0.6 is 0 Å². The zero-order chi connectivity index (χ0) is 19.5. The topological polar surface area (TPSA) is 141 Å². The Balaban J connectivity index is 2.29. The molecule has 0 saturated carbocycles. The molecule has 0 aliphatic rings. The van der Waals surface area contributed by atoms with E-state index < -0.39 is 22.0 Å². The van der Waals surface area contributed by atoms with Gasteiger partial charge in [0.2, 0.25) is 5.95 Å². The highest BCUT2D eigenvalue weighted by Gasteiger charge is 2.23. The third-order valence-electron chi connectivity index (χ3n) is 3.61. The number of amides is 1. The quantitative estimate of drug-likeness (QED) is 0.687. The van der Waals surface area contributed by atoms with Crippen LogP contribution in [-0.4, -0.2) is 30.3 Å². The number of hydrogen-bond donors (Lipinski definition) is 3. The number of carbonyl (C=O) groups is 1. The van der Waals surface area contributed by atoms with Gasteiger partial charge in [0.15, 0.2) is 0 Å². The summed E-state index contributed by atoms with van der Waals surface area (Å²) in [7, 11) is -4.05. The van der Waals surface area contributed by atoms with E-state index in [1.165, 1.54) is 12.1 Å². The molecule has 0 unspecified atom stereocenters. The van der Waals surface area contributed by atoms with E-state index in [0.29, 0.717) is 23.4 Å². The molecule has 0 aliphatic carbocycles. The van der Waals surface area contributed by atoms with E-state index in [1.54, 1.807) is 25.1 Å². The second-order valence-corrected chi connectivity index (χ2v) is 8.17. The van der Waals surface area contributed by atoms with Gasteiger partial charge in [-0.25, -0.2) is 23.1 Å². The van der Waals surface area contributed by atoms with Gasteiger partial charge in [-0.3, -0.25) is 4.79 Å². The molecule has 0 bridgehead atoms. The molecule has 0 spiro atoms. The van der Waals surface area contributed by atoms with Crippen molar-refractivity contribution in [3.05, 3.63) is 36.0 Å². The van der Waals surface area contributed by atoms with Crippen molar-refractivity contribution in [1.29, 1.82) is 0 Å². The third kappa shape index (κ3) is 4.99. The molecule has 0 fully saturated rings. The molecule has 1 aromatic heterocycles. The Bertz CT molecular complexity index is 892. The maximum absolute atomic E-state index is 12.5. The van der Waals surface area contributed by atoms with E-state index in [-0.39, 0.29) is 16.8 Å². The Kier molecular flexibility index (Phi) is 5.94. The van der Waals surface area contributed by atoms with Gasteiger partial charge in [0, 0.05) is 11.3 Å². The number of anilines is 1. The Morgan fingerprint density at radius 1 is 1.23 bits per heavy atom. The second-order valence-electron chi connectivity index (χ2n) is 6.49. The van der Waals surface area contributed by atoms with Gasteiger partial charge in [-0.05, 0) is 37.5 Å². The molecule has 1 amide bonds. The lowest BCUT2D eigenvalue weighted by atomic mass is 10.0. The molecule has 5 N–H and O–H groups in total. The molecule has 0 aliphatic heterocycles. The number of nitrogens with zero attached hydrogens (tertiary/aromatic N) is 2. The summed E-state index contributed by atoms with van der Waals surface area (Å²) in [5.41, 5.74) is 13.1. The molecule has 140 valence electrons. The van der Waals surface area contributed by atoms with Crippen LogP contribution in [0.2, 0.25) is 0 Å². The standard InChI is InChI=1S/C17H23N5O3S/c1-10(2)7-14(18)16(23)22-26(24,25)13-6-4-5-12(9-13)15-8-11(3)20-17(19)21-15/h4-6,8-10,14H,7,18H2,1-3H3,(H,22,23)(H2,19,20,21)/t14-/m0/s1. The Hall–Kier alpha value is -2.52. The van der Waals surface area contributed by atoms with Gasteiger partial charge in [-0.1, -0.05) is 26.0 Å². The minimum atomic E-state index is -4.05. The first-order valence-corrected chi connectivity index (χ1v) is 9.60. The first-order chi connectivity index (χ1) is 12.1. The molecule has 26 heavy (non-hydrogen) atoms. The Morgan fingerprint density at radius 2 is 1.92 bits per heavy atom. The first-order valence-electron chi connectivity index (χ1n) is 8.12. The number of benzene rings is 1. The van der Waals surface area contributed by atoms with Crippen LogP contribution in [0.1, 0.15) is 26.0 Å². The van der Waals surface area contributed by atoms with E-state index in [9.17, 15) is 13.2 Å². The van der Waals surface area contributed by atoms with Crippen LogP contribution in [0.3, 0.4) is 0 Å². The molecule has 1 aromatic carbocycles. The fourth-order valence-corrected chi connectivity index (χ4v) is 3.52. The molecule has 1 atom stereocenters. The molecule has 1 heterocycles. The van der Waals surface area contributed by atoms with Crippen molar-refractivity contribution in [3.8, 4) is 11.3 Å². The van der Waals surface area contributed by atoms with Crippen molar-refractivity contribution in [3.63, 3.8) is 0 Å². The van der Waals surface area contributed by atoms with Gasteiger partial charge in [0.1, 0.15) is 0 Å². The number of nitrogens with two attached hydrogens (primary N) is 2. The van der Waals surface area contributed by atoms with E-state index in [4.69, 9.17) is 11.5 Å². The van der Waals surface area contributed by atoms with E-state index in [2.05, 4.69) is 9.97 Å². The predicted molar refractivity (Wildman–Crippen MR) is 99.4 cm³/mol. The van der Waals surface area contributed by atoms with Crippen LogP contribution in [0.4, 0.5) is 5.95 Å². The van der Waals surface area contributed by atoms with E-state index >= 15 is 0 Å². The van der Waals surface area contributed by atoms with Crippen molar-refractivity contribution in [2.45, 2.75) is 38.1 Å². The SMILES string of the molecule is Cc1cc(-c2cccc(S(=O)(=O)NC(=O)[C@@H](N)CC(C)C)c2)nc(N)n1. The lowest BCUT2D eigenvalue weighted by Crippen LogP contribution is -2.43. The largest absolute Gasteiger partial charge is 0.368 e. The van der Waals surface area contributed by atoms with Crippen LogP contribution in [0.5, 0.6) is 0 Å². The summed E-state index contributed by atoms with van der Waals surface area (Å²) in [5, 5.41) is 0. The van der Waals surface area contributed by atoms with Gasteiger partial charge < -0.3 is 11.5 Å². The minimum absolute atomic E-state index is 0.0602. The van der Waals surface area contributed by atoms with Crippen LogP contribution in [0.15, 0.2) is 35.2 Å². The van der Waals surface area contributed by atoms with Crippen LogP contribution in [-0.2, 0) is 14.8 Å². The lowest BCUT2D eigenvalue weighted by Gasteiger charge is -2.14. The number of rotatable bonds is 6. The van der Waals surface area contributed by atoms with Crippen LogP contribution in [0, 0.1) is 12.8 Å².